The molecule has 4 rings (SSSR count). The molecule has 2 amide bonds. The zero-order chi connectivity index (χ0) is 22.7. The molecule has 6 nitrogen and oxygen atoms in total. The zero-order valence-corrected chi connectivity index (χ0v) is 18.7. The van der Waals surface area contributed by atoms with Gasteiger partial charge in [0.25, 0.3) is 11.1 Å². The van der Waals surface area contributed by atoms with Crippen molar-refractivity contribution in [1.29, 1.82) is 0 Å². The molecule has 0 aliphatic carbocycles. The Balaban J connectivity index is 1.56. The maximum atomic E-state index is 12.8. The summed E-state index contributed by atoms with van der Waals surface area (Å²) in [5, 5.41) is 19.2. The number of hydrogen-bond acceptors (Lipinski definition) is 6. The van der Waals surface area contributed by atoms with E-state index >= 15 is 0 Å². The van der Waals surface area contributed by atoms with E-state index < -0.39 is 5.91 Å². The number of benzene rings is 3. The number of nitrogens with zero attached hydrogens (tertiary/aromatic N) is 3. The van der Waals surface area contributed by atoms with Crippen LogP contribution in [0.1, 0.15) is 11.1 Å². The van der Waals surface area contributed by atoms with E-state index in [9.17, 15) is 14.7 Å². The molecule has 1 N–H and O–H groups in total. The van der Waals surface area contributed by atoms with Crippen LogP contribution in [0.3, 0.4) is 0 Å². The summed E-state index contributed by atoms with van der Waals surface area (Å²) in [6.07, 6.45) is 1.47. The monoisotopic (exact) mass is 483 g/mol. The van der Waals surface area contributed by atoms with Gasteiger partial charge in [0.2, 0.25) is 0 Å². The lowest BCUT2D eigenvalue weighted by Gasteiger charge is -2.12. The summed E-state index contributed by atoms with van der Waals surface area (Å²) in [6.45, 7) is 0.136. The largest absolute Gasteiger partial charge is 0.507 e. The van der Waals surface area contributed by atoms with E-state index in [4.69, 9.17) is 23.2 Å². The van der Waals surface area contributed by atoms with E-state index in [2.05, 4.69) is 10.2 Å². The van der Waals surface area contributed by atoms with Crippen LogP contribution >= 0.6 is 35.0 Å². The molecular formula is C23H15Cl2N3O3S. The molecule has 0 radical (unpaired) electrons. The number of hydrogen-bond donors (Lipinski definition) is 1. The van der Waals surface area contributed by atoms with E-state index in [1.807, 2.05) is 0 Å². The van der Waals surface area contributed by atoms with E-state index in [0.29, 0.717) is 27.0 Å². The Morgan fingerprint density at radius 3 is 2.47 bits per heavy atom. The number of phenolic OH excluding ortho intramolecular Hbond substituents is 1. The third kappa shape index (κ3) is 5.02. The summed E-state index contributed by atoms with van der Waals surface area (Å²) in [5.74, 6) is -0.483. The van der Waals surface area contributed by atoms with E-state index in [1.54, 1.807) is 60.7 Å². The number of aromatic hydroxyl groups is 1. The number of amides is 2. The molecular weight excluding hydrogens is 469 g/mol. The number of imide groups is 1. The number of phenols is 1. The number of thioether (sulfide) groups is 1. The minimum atomic E-state index is -0.433. The molecule has 0 aromatic heterocycles. The average molecular weight is 484 g/mol. The second-order valence-corrected chi connectivity index (χ2v) is 8.63. The molecule has 1 saturated heterocycles. The highest BCUT2D eigenvalue weighted by Gasteiger charge is 2.35. The molecule has 0 spiro atoms. The predicted molar refractivity (Wildman–Crippen MR) is 127 cm³/mol. The SMILES string of the molecule is O=C1S/C(=C\c2cc(N=Nc3ccccc3Cl)ccc2O)C(=O)N1Cc1ccc(Cl)cc1. The first-order chi connectivity index (χ1) is 15.4. The van der Waals surface area contributed by atoms with Crippen molar-refractivity contribution in [2.75, 3.05) is 0 Å². The highest BCUT2D eigenvalue weighted by molar-refractivity contribution is 8.18. The van der Waals surface area contributed by atoms with Gasteiger partial charge < -0.3 is 5.11 Å². The maximum Gasteiger partial charge on any atom is 0.293 e. The van der Waals surface area contributed by atoms with Gasteiger partial charge in [-0.15, -0.1) is 5.11 Å². The molecule has 160 valence electrons. The van der Waals surface area contributed by atoms with Crippen molar-refractivity contribution in [2.45, 2.75) is 6.54 Å². The lowest BCUT2D eigenvalue weighted by Crippen LogP contribution is -2.27. The van der Waals surface area contributed by atoms with Crippen molar-refractivity contribution in [1.82, 2.24) is 4.90 Å². The Bertz CT molecular complexity index is 1260. The molecule has 1 aliphatic rings. The van der Waals surface area contributed by atoms with Crippen LogP contribution < -0.4 is 0 Å². The molecule has 0 atom stereocenters. The van der Waals surface area contributed by atoms with Crippen LogP contribution in [-0.2, 0) is 11.3 Å². The molecule has 1 aliphatic heterocycles. The van der Waals surface area contributed by atoms with E-state index in [1.165, 1.54) is 12.1 Å². The van der Waals surface area contributed by atoms with Crippen molar-refractivity contribution in [2.24, 2.45) is 10.2 Å². The Hall–Kier alpha value is -3.13. The van der Waals surface area contributed by atoms with Gasteiger partial charge in [-0.1, -0.05) is 47.5 Å². The molecule has 0 bridgehead atoms. The van der Waals surface area contributed by atoms with Crippen molar-refractivity contribution in [3.8, 4) is 5.75 Å². The van der Waals surface area contributed by atoms with Crippen LogP contribution in [0.15, 0.2) is 81.9 Å². The smallest absolute Gasteiger partial charge is 0.293 e. The van der Waals surface area contributed by atoms with Gasteiger partial charge in [0.15, 0.2) is 0 Å². The minimum absolute atomic E-state index is 0.0498. The topological polar surface area (TPSA) is 82.3 Å². The third-order valence-corrected chi connectivity index (χ3v) is 6.03. The molecule has 1 heterocycles. The summed E-state index contributed by atoms with van der Waals surface area (Å²) in [4.78, 5) is 26.5. The number of carbonyl (C=O) groups is 2. The van der Waals surface area contributed by atoms with E-state index in [-0.39, 0.29) is 22.4 Å². The Labute approximate surface area is 198 Å². The first-order valence-electron chi connectivity index (χ1n) is 9.40. The van der Waals surface area contributed by atoms with Crippen molar-refractivity contribution in [3.05, 3.63) is 92.8 Å². The minimum Gasteiger partial charge on any atom is -0.507 e. The summed E-state index contributed by atoms with van der Waals surface area (Å²) < 4.78 is 0. The van der Waals surface area contributed by atoms with Crippen LogP contribution in [-0.4, -0.2) is 21.2 Å². The fourth-order valence-corrected chi connectivity index (χ4v) is 4.04. The Kier molecular flexibility index (Phi) is 6.60. The Morgan fingerprint density at radius 2 is 1.72 bits per heavy atom. The first kappa shape index (κ1) is 22.1. The van der Waals surface area contributed by atoms with Crippen LogP contribution in [0.2, 0.25) is 10.0 Å². The molecule has 3 aromatic rings. The average Bonchev–Trinajstić information content (AvgIpc) is 3.04. The molecule has 3 aromatic carbocycles. The third-order valence-electron chi connectivity index (χ3n) is 4.55. The van der Waals surface area contributed by atoms with Crippen LogP contribution in [0.4, 0.5) is 16.2 Å². The van der Waals surface area contributed by atoms with Crippen LogP contribution in [0, 0.1) is 0 Å². The lowest BCUT2D eigenvalue weighted by molar-refractivity contribution is -0.123. The van der Waals surface area contributed by atoms with Gasteiger partial charge in [0.1, 0.15) is 11.4 Å². The fraction of sp³-hybridized carbons (Fsp3) is 0.0435. The summed E-state index contributed by atoms with van der Waals surface area (Å²) >= 11 is 12.8. The summed E-state index contributed by atoms with van der Waals surface area (Å²) in [6, 6.07) is 18.5. The van der Waals surface area contributed by atoms with Crippen molar-refractivity contribution < 1.29 is 14.7 Å². The standard InChI is InChI=1S/C23H15Cl2N3O3S/c24-16-7-5-14(6-8-16)13-28-22(30)21(32-23(28)31)12-15-11-17(9-10-20(15)29)26-27-19-4-2-1-3-18(19)25/h1-12,29H,13H2/b21-12-,27-26?. The normalized spacial score (nSPS) is 15.3. The van der Waals surface area contributed by atoms with Crippen molar-refractivity contribution >= 4 is 63.6 Å². The second-order valence-electron chi connectivity index (χ2n) is 6.79. The van der Waals surface area contributed by atoms with Gasteiger partial charge in [-0.3, -0.25) is 14.5 Å². The fourth-order valence-electron chi connectivity index (χ4n) is 2.91. The van der Waals surface area contributed by atoms with Crippen molar-refractivity contribution in [3.63, 3.8) is 0 Å². The highest BCUT2D eigenvalue weighted by atomic mass is 35.5. The van der Waals surface area contributed by atoms with Gasteiger partial charge in [0, 0.05) is 10.6 Å². The predicted octanol–water partition coefficient (Wildman–Crippen LogP) is 7.35. The number of carbonyl (C=O) groups excluding carboxylic acids is 2. The molecule has 1 fully saturated rings. The van der Waals surface area contributed by atoms with Crippen LogP contribution in [0.5, 0.6) is 5.75 Å². The van der Waals surface area contributed by atoms with Crippen LogP contribution in [0.25, 0.3) is 6.08 Å². The quantitative estimate of drug-likeness (QED) is 0.303. The van der Waals surface area contributed by atoms with Gasteiger partial charge in [-0.25, -0.2) is 0 Å². The number of azo groups is 1. The van der Waals surface area contributed by atoms with E-state index in [0.717, 1.165) is 22.2 Å². The molecule has 32 heavy (non-hydrogen) atoms. The maximum absolute atomic E-state index is 12.8. The van der Waals surface area contributed by atoms with Gasteiger partial charge in [0.05, 0.1) is 22.2 Å². The van der Waals surface area contributed by atoms with Gasteiger partial charge in [-0.2, -0.15) is 5.11 Å². The first-order valence-corrected chi connectivity index (χ1v) is 11.0. The molecule has 0 saturated carbocycles. The second kappa shape index (κ2) is 9.56. The lowest BCUT2D eigenvalue weighted by atomic mass is 10.1. The summed E-state index contributed by atoms with van der Waals surface area (Å²) in [7, 11) is 0. The van der Waals surface area contributed by atoms with Gasteiger partial charge >= 0.3 is 0 Å². The summed E-state index contributed by atoms with van der Waals surface area (Å²) in [5.41, 5.74) is 2.09. The zero-order valence-electron chi connectivity index (χ0n) is 16.4. The number of halogens is 2. The molecule has 9 heteroatoms. The molecule has 0 unspecified atom stereocenters. The van der Waals surface area contributed by atoms with Gasteiger partial charge in [-0.05, 0) is 65.9 Å². The highest BCUT2D eigenvalue weighted by Crippen LogP contribution is 2.36. The Morgan fingerprint density at radius 1 is 0.969 bits per heavy atom. The number of rotatable bonds is 5.